The molecule has 0 bridgehead atoms. The molecular weight excluding hydrogens is 283 g/mol. The molecule has 0 saturated carbocycles. The van der Waals surface area contributed by atoms with Gasteiger partial charge in [0.15, 0.2) is 0 Å². The van der Waals surface area contributed by atoms with Crippen LogP contribution in [0, 0.1) is 0 Å². The van der Waals surface area contributed by atoms with Crippen molar-refractivity contribution < 1.29 is 18.0 Å². The Bertz CT molecular complexity index is 305. The SMILES string of the molecule is C/C(Br)=C(\C)S(C)=NC(=O)C(F)(F)F. The summed E-state index contributed by atoms with van der Waals surface area (Å²) in [7, 11) is -1.03. The first-order valence-electron chi connectivity index (χ1n) is 3.48. The largest absolute Gasteiger partial charge is 0.474 e. The van der Waals surface area contributed by atoms with Gasteiger partial charge in [0.25, 0.3) is 0 Å². The lowest BCUT2D eigenvalue weighted by atomic mass is 10.6. The smallest absolute Gasteiger partial charge is 0.261 e. The summed E-state index contributed by atoms with van der Waals surface area (Å²) in [6.07, 6.45) is -3.41. The second-order valence-electron chi connectivity index (χ2n) is 2.46. The first kappa shape index (κ1) is 13.8. The van der Waals surface area contributed by atoms with E-state index in [0.29, 0.717) is 9.39 Å². The van der Waals surface area contributed by atoms with Gasteiger partial charge < -0.3 is 0 Å². The summed E-state index contributed by atoms with van der Waals surface area (Å²) in [5, 5.41) is 0. The molecule has 0 aliphatic heterocycles. The number of amides is 1. The number of hydrogen-bond acceptors (Lipinski definition) is 1. The van der Waals surface area contributed by atoms with Gasteiger partial charge in [-0.15, -0.1) is 0 Å². The Hall–Kier alpha value is -0.170. The van der Waals surface area contributed by atoms with Gasteiger partial charge in [0.1, 0.15) is 0 Å². The van der Waals surface area contributed by atoms with Gasteiger partial charge in [-0.05, 0) is 20.1 Å². The maximum Gasteiger partial charge on any atom is 0.474 e. The van der Waals surface area contributed by atoms with E-state index < -0.39 is 22.8 Å². The normalized spacial score (nSPS) is 16.5. The molecule has 1 amide bonds. The monoisotopic (exact) mass is 291 g/mol. The van der Waals surface area contributed by atoms with E-state index in [1.54, 1.807) is 13.8 Å². The maximum atomic E-state index is 11.8. The lowest BCUT2D eigenvalue weighted by Crippen LogP contribution is -2.20. The van der Waals surface area contributed by atoms with Gasteiger partial charge in [-0.3, -0.25) is 4.79 Å². The van der Waals surface area contributed by atoms with Crippen molar-refractivity contribution in [2.75, 3.05) is 6.26 Å². The number of allylic oxidation sites excluding steroid dienone is 2. The molecule has 0 aromatic rings. The number of carbonyl (C=O) groups is 1. The van der Waals surface area contributed by atoms with Crippen molar-refractivity contribution in [2.24, 2.45) is 4.36 Å². The number of carbonyl (C=O) groups excluding carboxylic acids is 1. The van der Waals surface area contributed by atoms with E-state index in [2.05, 4.69) is 20.3 Å². The van der Waals surface area contributed by atoms with E-state index in [1.165, 1.54) is 6.26 Å². The van der Waals surface area contributed by atoms with E-state index >= 15 is 0 Å². The van der Waals surface area contributed by atoms with Crippen molar-refractivity contribution in [3.8, 4) is 0 Å². The predicted molar refractivity (Wildman–Crippen MR) is 54.1 cm³/mol. The zero-order valence-electron chi connectivity index (χ0n) is 7.78. The fraction of sp³-hybridized carbons (Fsp3) is 0.571. The highest BCUT2D eigenvalue weighted by molar-refractivity contribution is 9.11. The first-order chi connectivity index (χ1) is 6.16. The van der Waals surface area contributed by atoms with E-state index in [1.807, 2.05) is 0 Å². The van der Waals surface area contributed by atoms with E-state index in [-0.39, 0.29) is 0 Å². The summed E-state index contributed by atoms with van der Waals surface area (Å²) in [4.78, 5) is 11.1. The molecule has 0 radical (unpaired) electrons. The number of nitrogens with zero attached hydrogens (tertiary/aromatic N) is 1. The quantitative estimate of drug-likeness (QED) is 0.730. The molecule has 82 valence electrons. The Morgan fingerprint density at radius 3 is 2.07 bits per heavy atom. The average molecular weight is 292 g/mol. The molecule has 1 unspecified atom stereocenters. The third-order valence-corrected chi connectivity index (χ3v) is 3.88. The van der Waals surface area contributed by atoms with E-state index in [9.17, 15) is 18.0 Å². The van der Waals surface area contributed by atoms with Crippen molar-refractivity contribution in [2.45, 2.75) is 20.0 Å². The molecule has 0 heterocycles. The number of halogens is 4. The fourth-order valence-corrected chi connectivity index (χ4v) is 2.05. The standard InChI is InChI=1S/C7H9BrF3NOS/c1-4(8)5(2)14(3)12-6(13)7(9,10)11/h1-3H3/b5-4-. The zero-order chi connectivity index (χ0) is 11.5. The second-order valence-corrected chi connectivity index (χ2v) is 5.40. The molecule has 0 aromatic carbocycles. The Morgan fingerprint density at radius 1 is 1.36 bits per heavy atom. The molecular formula is C7H9BrF3NOS. The molecule has 0 aliphatic carbocycles. The van der Waals surface area contributed by atoms with Crippen LogP contribution in [0.4, 0.5) is 13.2 Å². The zero-order valence-corrected chi connectivity index (χ0v) is 10.2. The van der Waals surface area contributed by atoms with Crippen LogP contribution in [0.25, 0.3) is 0 Å². The lowest BCUT2D eigenvalue weighted by molar-refractivity contribution is -0.169. The van der Waals surface area contributed by atoms with E-state index in [0.717, 1.165) is 0 Å². The van der Waals surface area contributed by atoms with Crippen LogP contribution < -0.4 is 0 Å². The molecule has 0 rings (SSSR count). The molecule has 7 heteroatoms. The third-order valence-electron chi connectivity index (χ3n) is 1.39. The van der Waals surface area contributed by atoms with Gasteiger partial charge in [-0.2, -0.15) is 17.5 Å². The van der Waals surface area contributed by atoms with Crippen LogP contribution in [0.3, 0.4) is 0 Å². The molecule has 0 spiro atoms. The molecule has 1 atom stereocenters. The highest BCUT2D eigenvalue weighted by Crippen LogP contribution is 2.19. The Kier molecular flexibility index (Phi) is 5.00. The maximum absolute atomic E-state index is 11.8. The molecule has 2 nitrogen and oxygen atoms in total. The van der Waals surface area contributed by atoms with Gasteiger partial charge in [-0.1, -0.05) is 26.6 Å². The van der Waals surface area contributed by atoms with Crippen molar-refractivity contribution in [1.82, 2.24) is 0 Å². The van der Waals surface area contributed by atoms with Crippen molar-refractivity contribution in [3.05, 3.63) is 9.39 Å². The molecule has 0 saturated heterocycles. The highest BCUT2D eigenvalue weighted by atomic mass is 79.9. The summed E-state index contributed by atoms with van der Waals surface area (Å²) in [6.45, 7) is 3.31. The van der Waals surface area contributed by atoms with Crippen LogP contribution in [-0.2, 0) is 15.5 Å². The molecule has 0 aliphatic rings. The minimum atomic E-state index is -4.87. The molecule has 14 heavy (non-hydrogen) atoms. The number of hydrogen-bond donors (Lipinski definition) is 0. The van der Waals surface area contributed by atoms with Crippen molar-refractivity contribution >= 4 is 32.5 Å². The van der Waals surface area contributed by atoms with Gasteiger partial charge in [0, 0.05) is 9.39 Å². The first-order valence-corrected chi connectivity index (χ1v) is 5.86. The minimum Gasteiger partial charge on any atom is -0.261 e. The fourth-order valence-electron chi connectivity index (χ4n) is 0.448. The number of alkyl halides is 3. The van der Waals surface area contributed by atoms with Crippen molar-refractivity contribution in [3.63, 3.8) is 0 Å². The van der Waals surface area contributed by atoms with Crippen LogP contribution in [0.5, 0.6) is 0 Å². The molecule has 0 fully saturated rings. The molecule has 0 aromatic heterocycles. The summed E-state index contributed by atoms with van der Waals surface area (Å²) in [5.74, 6) is -2.03. The minimum absolute atomic E-state index is 0.627. The lowest BCUT2D eigenvalue weighted by Gasteiger charge is -2.04. The second kappa shape index (κ2) is 5.06. The van der Waals surface area contributed by atoms with Crippen LogP contribution in [0.1, 0.15) is 13.8 Å². The van der Waals surface area contributed by atoms with Crippen molar-refractivity contribution in [1.29, 1.82) is 0 Å². The van der Waals surface area contributed by atoms with Gasteiger partial charge in [-0.25, -0.2) is 0 Å². The predicted octanol–water partition coefficient (Wildman–Crippen LogP) is 3.15. The summed E-state index contributed by atoms with van der Waals surface area (Å²) < 4.78 is 39.2. The van der Waals surface area contributed by atoms with Gasteiger partial charge in [0.05, 0.1) is 0 Å². The Balaban J connectivity index is 4.89. The number of rotatable bonds is 1. The van der Waals surface area contributed by atoms with Gasteiger partial charge in [0.2, 0.25) is 0 Å². The van der Waals surface area contributed by atoms with Crippen LogP contribution >= 0.6 is 15.9 Å². The molecule has 0 N–H and O–H groups in total. The summed E-state index contributed by atoms with van der Waals surface area (Å²) >= 11 is 3.11. The van der Waals surface area contributed by atoms with Gasteiger partial charge >= 0.3 is 12.1 Å². The topological polar surface area (TPSA) is 29.4 Å². The summed E-state index contributed by atoms with van der Waals surface area (Å²) in [6, 6.07) is 0. The van der Waals surface area contributed by atoms with Crippen LogP contribution in [0.2, 0.25) is 0 Å². The van der Waals surface area contributed by atoms with Crippen LogP contribution in [-0.4, -0.2) is 18.3 Å². The van der Waals surface area contributed by atoms with E-state index in [4.69, 9.17) is 0 Å². The van der Waals surface area contributed by atoms with Crippen LogP contribution in [0.15, 0.2) is 13.8 Å². The average Bonchev–Trinajstić information content (AvgIpc) is 2.00. The third kappa shape index (κ3) is 4.36. The Morgan fingerprint density at radius 2 is 1.79 bits per heavy atom. The Labute approximate surface area is 90.8 Å². The summed E-state index contributed by atoms with van der Waals surface area (Å²) in [5.41, 5.74) is 0. The highest BCUT2D eigenvalue weighted by Gasteiger charge is 2.38.